The van der Waals surface area contributed by atoms with Crippen molar-refractivity contribution < 1.29 is 0 Å². The summed E-state index contributed by atoms with van der Waals surface area (Å²) in [5, 5.41) is 13.3. The minimum absolute atomic E-state index is 0.652. The van der Waals surface area contributed by atoms with Crippen molar-refractivity contribution in [2.45, 2.75) is 27.2 Å². The van der Waals surface area contributed by atoms with Crippen LogP contribution in [-0.4, -0.2) is 24.8 Å². The van der Waals surface area contributed by atoms with Crippen LogP contribution in [0.2, 0.25) is 5.02 Å². The first-order valence-corrected chi connectivity index (χ1v) is 7.95. The Labute approximate surface area is 138 Å². The summed E-state index contributed by atoms with van der Waals surface area (Å²) in [6.45, 7) is 6.21. The standard InChI is InChI=1S/C17H16ClN5/c1-4-14-20-17-10(3)5-9(2)16(23(17)22-14)11-6-12-8-19-21-15(12)13(18)7-11/h5-8H,4H2,1-3H3,(H,19,21). The summed E-state index contributed by atoms with van der Waals surface area (Å²) in [6.07, 6.45) is 2.59. The molecule has 0 spiro atoms. The number of hydrogen-bond acceptors (Lipinski definition) is 3. The van der Waals surface area contributed by atoms with Gasteiger partial charge in [-0.1, -0.05) is 24.6 Å². The average Bonchev–Trinajstić information content (AvgIpc) is 3.13. The van der Waals surface area contributed by atoms with Crippen LogP contribution < -0.4 is 0 Å². The van der Waals surface area contributed by atoms with Crippen LogP contribution >= 0.6 is 11.6 Å². The van der Waals surface area contributed by atoms with E-state index in [1.807, 2.05) is 10.6 Å². The molecule has 0 fully saturated rings. The molecule has 0 aliphatic heterocycles. The molecule has 5 nitrogen and oxygen atoms in total. The lowest BCUT2D eigenvalue weighted by molar-refractivity contribution is 0.886. The third-order valence-corrected chi connectivity index (χ3v) is 4.41. The molecule has 0 aliphatic rings. The molecule has 23 heavy (non-hydrogen) atoms. The second-order valence-corrected chi connectivity index (χ2v) is 6.18. The van der Waals surface area contributed by atoms with Crippen molar-refractivity contribution in [3.63, 3.8) is 0 Å². The van der Waals surface area contributed by atoms with Gasteiger partial charge in [-0.15, -0.1) is 0 Å². The lowest BCUT2D eigenvalue weighted by Crippen LogP contribution is -2.00. The lowest BCUT2D eigenvalue weighted by Gasteiger charge is -2.11. The van der Waals surface area contributed by atoms with Gasteiger partial charge in [0.15, 0.2) is 11.5 Å². The Hall–Kier alpha value is -2.40. The predicted molar refractivity (Wildman–Crippen MR) is 91.9 cm³/mol. The van der Waals surface area contributed by atoms with Crippen LogP contribution in [0.4, 0.5) is 0 Å². The fraction of sp³-hybridized carbons (Fsp3) is 0.235. The number of nitrogens with zero attached hydrogens (tertiary/aromatic N) is 4. The number of pyridine rings is 1. The number of H-pyrrole nitrogens is 1. The van der Waals surface area contributed by atoms with E-state index in [1.54, 1.807) is 6.20 Å². The monoisotopic (exact) mass is 325 g/mol. The summed E-state index contributed by atoms with van der Waals surface area (Å²) in [7, 11) is 0. The Kier molecular flexibility index (Phi) is 3.13. The van der Waals surface area contributed by atoms with E-state index in [0.29, 0.717) is 5.02 Å². The fourth-order valence-corrected chi connectivity index (χ4v) is 3.31. The molecular formula is C17H16ClN5. The molecule has 4 rings (SSSR count). The van der Waals surface area contributed by atoms with Crippen LogP contribution in [0.15, 0.2) is 24.4 Å². The molecule has 0 atom stereocenters. The van der Waals surface area contributed by atoms with E-state index in [2.05, 4.69) is 53.2 Å². The molecule has 0 bridgehead atoms. The predicted octanol–water partition coefficient (Wildman–Crippen LogP) is 4.11. The van der Waals surface area contributed by atoms with Crippen LogP contribution in [0.1, 0.15) is 23.9 Å². The molecule has 0 amide bonds. The molecule has 1 aromatic carbocycles. The van der Waals surface area contributed by atoms with Gasteiger partial charge < -0.3 is 0 Å². The maximum Gasteiger partial charge on any atom is 0.159 e. The number of aryl methyl sites for hydroxylation is 3. The molecular weight excluding hydrogens is 310 g/mol. The van der Waals surface area contributed by atoms with Gasteiger partial charge in [-0.25, -0.2) is 9.50 Å². The number of halogens is 1. The SMILES string of the molecule is CCc1nc2c(C)cc(C)c(-c3cc(Cl)c4[nH]ncc4c3)n2n1. The number of benzene rings is 1. The Morgan fingerprint density at radius 2 is 2.00 bits per heavy atom. The highest BCUT2D eigenvalue weighted by Gasteiger charge is 2.15. The third kappa shape index (κ3) is 2.11. The Balaban J connectivity index is 2.08. The van der Waals surface area contributed by atoms with Crippen molar-refractivity contribution >= 4 is 28.2 Å². The minimum atomic E-state index is 0.652. The van der Waals surface area contributed by atoms with Gasteiger partial charge in [0.2, 0.25) is 0 Å². The van der Waals surface area contributed by atoms with Gasteiger partial charge in [-0.05, 0) is 37.1 Å². The van der Waals surface area contributed by atoms with Gasteiger partial charge in [0.05, 0.1) is 22.4 Å². The average molecular weight is 326 g/mol. The summed E-state index contributed by atoms with van der Waals surface area (Å²) in [5.41, 5.74) is 6.03. The van der Waals surface area contributed by atoms with E-state index in [9.17, 15) is 0 Å². The maximum absolute atomic E-state index is 6.40. The van der Waals surface area contributed by atoms with Crippen LogP contribution in [0, 0.1) is 13.8 Å². The van der Waals surface area contributed by atoms with Gasteiger partial charge in [0.25, 0.3) is 0 Å². The van der Waals surface area contributed by atoms with Crippen molar-refractivity contribution in [2.24, 2.45) is 0 Å². The third-order valence-electron chi connectivity index (χ3n) is 4.11. The molecule has 4 aromatic rings. The summed E-state index contributed by atoms with van der Waals surface area (Å²) < 4.78 is 1.93. The van der Waals surface area contributed by atoms with E-state index < -0.39 is 0 Å². The second-order valence-electron chi connectivity index (χ2n) is 5.77. The van der Waals surface area contributed by atoms with Gasteiger partial charge in [-0.3, -0.25) is 5.10 Å². The summed E-state index contributed by atoms with van der Waals surface area (Å²) in [6, 6.07) is 6.17. The van der Waals surface area contributed by atoms with Gasteiger partial charge in [0, 0.05) is 17.4 Å². The number of aromatic nitrogens is 5. The Morgan fingerprint density at radius 3 is 2.78 bits per heavy atom. The molecule has 0 saturated heterocycles. The zero-order chi connectivity index (χ0) is 16.1. The number of aromatic amines is 1. The van der Waals surface area contributed by atoms with Crippen LogP contribution in [-0.2, 0) is 6.42 Å². The summed E-state index contributed by atoms with van der Waals surface area (Å²) in [4.78, 5) is 4.63. The van der Waals surface area contributed by atoms with Crippen molar-refractivity contribution in [1.29, 1.82) is 0 Å². The van der Waals surface area contributed by atoms with Crippen molar-refractivity contribution in [1.82, 2.24) is 24.8 Å². The minimum Gasteiger partial charge on any atom is -0.276 e. The molecule has 3 heterocycles. The highest BCUT2D eigenvalue weighted by molar-refractivity contribution is 6.35. The topological polar surface area (TPSA) is 58.9 Å². The molecule has 3 aromatic heterocycles. The molecule has 0 saturated carbocycles. The zero-order valence-corrected chi connectivity index (χ0v) is 13.9. The van der Waals surface area contributed by atoms with Crippen molar-refractivity contribution in [3.05, 3.63) is 46.4 Å². The van der Waals surface area contributed by atoms with E-state index in [0.717, 1.165) is 51.2 Å². The Morgan fingerprint density at radius 1 is 1.17 bits per heavy atom. The van der Waals surface area contributed by atoms with Crippen molar-refractivity contribution in [2.75, 3.05) is 0 Å². The molecule has 0 unspecified atom stereocenters. The highest BCUT2D eigenvalue weighted by Crippen LogP contribution is 2.32. The molecule has 6 heteroatoms. The van der Waals surface area contributed by atoms with Crippen molar-refractivity contribution in [3.8, 4) is 11.3 Å². The normalized spacial score (nSPS) is 11.7. The van der Waals surface area contributed by atoms with E-state index in [1.165, 1.54) is 0 Å². The van der Waals surface area contributed by atoms with E-state index in [-0.39, 0.29) is 0 Å². The van der Waals surface area contributed by atoms with Gasteiger partial charge in [0.1, 0.15) is 0 Å². The first kappa shape index (κ1) is 14.2. The summed E-state index contributed by atoms with van der Waals surface area (Å²) >= 11 is 6.40. The van der Waals surface area contributed by atoms with Crippen LogP contribution in [0.25, 0.3) is 27.8 Å². The number of rotatable bonds is 2. The lowest BCUT2D eigenvalue weighted by atomic mass is 10.0. The van der Waals surface area contributed by atoms with E-state index >= 15 is 0 Å². The Bertz CT molecular complexity index is 1040. The first-order valence-electron chi connectivity index (χ1n) is 7.57. The van der Waals surface area contributed by atoms with Gasteiger partial charge in [-0.2, -0.15) is 10.2 Å². The maximum atomic E-state index is 6.40. The molecule has 116 valence electrons. The van der Waals surface area contributed by atoms with Crippen LogP contribution in [0.5, 0.6) is 0 Å². The first-order chi connectivity index (χ1) is 11.1. The smallest absolute Gasteiger partial charge is 0.159 e. The number of hydrogen-bond donors (Lipinski definition) is 1. The second kappa shape index (κ2) is 5.06. The quantitative estimate of drug-likeness (QED) is 0.603. The zero-order valence-electron chi connectivity index (χ0n) is 13.2. The largest absolute Gasteiger partial charge is 0.276 e. The van der Waals surface area contributed by atoms with Gasteiger partial charge >= 0.3 is 0 Å². The summed E-state index contributed by atoms with van der Waals surface area (Å²) in [5.74, 6) is 0.843. The highest BCUT2D eigenvalue weighted by atomic mass is 35.5. The number of nitrogens with one attached hydrogen (secondary N) is 1. The molecule has 1 N–H and O–H groups in total. The van der Waals surface area contributed by atoms with Crippen LogP contribution in [0.3, 0.4) is 0 Å². The molecule has 0 aliphatic carbocycles. The fourth-order valence-electron chi connectivity index (χ4n) is 3.04. The number of fused-ring (bicyclic) bond motifs is 2. The molecule has 0 radical (unpaired) electrons. The van der Waals surface area contributed by atoms with E-state index in [4.69, 9.17) is 11.6 Å².